The van der Waals surface area contributed by atoms with E-state index in [1.54, 1.807) is 37.5 Å². The molecule has 0 spiro atoms. The number of para-hydroxylation sites is 1. The topological polar surface area (TPSA) is 81.7 Å². The van der Waals surface area contributed by atoms with Crippen LogP contribution in [0.1, 0.15) is 22.8 Å². The molecule has 0 bridgehead atoms. The molecule has 1 N–H and O–H groups in total. The Morgan fingerprint density at radius 1 is 0.967 bits per heavy atom. The summed E-state index contributed by atoms with van der Waals surface area (Å²) in [4.78, 5) is 35.6. The highest BCUT2D eigenvalue weighted by atomic mass is 16.5. The zero-order chi connectivity index (χ0) is 21.5. The summed E-state index contributed by atoms with van der Waals surface area (Å²) in [5, 5.41) is 4.61. The van der Waals surface area contributed by atoms with Gasteiger partial charge in [0.15, 0.2) is 12.4 Å². The number of rotatable bonds is 7. The van der Waals surface area contributed by atoms with Crippen LogP contribution in [-0.4, -0.2) is 31.4 Å². The van der Waals surface area contributed by atoms with Crippen molar-refractivity contribution in [2.45, 2.75) is 6.92 Å². The van der Waals surface area contributed by atoms with E-state index in [9.17, 15) is 14.4 Å². The number of nitrogens with one attached hydrogen (secondary N) is 1. The molecule has 0 unspecified atom stereocenters. The molecule has 0 saturated carbocycles. The summed E-state index contributed by atoms with van der Waals surface area (Å²) in [6.07, 6.45) is 2.89. The van der Waals surface area contributed by atoms with Crippen LogP contribution in [0.15, 0.2) is 66.7 Å². The quantitative estimate of drug-likeness (QED) is 0.362. The average molecular weight is 403 g/mol. The fourth-order valence-electron chi connectivity index (χ4n) is 2.91. The van der Waals surface area contributed by atoms with Gasteiger partial charge < -0.3 is 14.8 Å². The van der Waals surface area contributed by atoms with Crippen molar-refractivity contribution in [2.75, 3.05) is 19.0 Å². The van der Waals surface area contributed by atoms with Crippen molar-refractivity contribution in [2.24, 2.45) is 0 Å². The first-order chi connectivity index (χ1) is 14.5. The first kappa shape index (κ1) is 20.8. The van der Waals surface area contributed by atoms with Gasteiger partial charge in [0.05, 0.1) is 12.8 Å². The third-order valence-corrected chi connectivity index (χ3v) is 4.41. The van der Waals surface area contributed by atoms with E-state index in [1.165, 1.54) is 13.0 Å². The minimum atomic E-state index is -0.639. The van der Waals surface area contributed by atoms with Gasteiger partial charge in [-0.3, -0.25) is 9.59 Å². The van der Waals surface area contributed by atoms with Crippen LogP contribution in [0.2, 0.25) is 0 Å². The van der Waals surface area contributed by atoms with Crippen molar-refractivity contribution in [1.29, 1.82) is 0 Å². The second kappa shape index (κ2) is 9.52. The molecule has 0 aliphatic carbocycles. The Bertz CT molecular complexity index is 1130. The molecule has 1 amide bonds. The minimum Gasteiger partial charge on any atom is -0.497 e. The Labute approximate surface area is 174 Å². The summed E-state index contributed by atoms with van der Waals surface area (Å²) in [5.74, 6) is -0.553. The summed E-state index contributed by atoms with van der Waals surface area (Å²) in [6, 6.07) is 18.1. The second-order valence-corrected chi connectivity index (χ2v) is 6.56. The SMILES string of the molecule is COc1ccc2cc(/C=C/C(=O)OCC(=O)Nc3ccccc3C(C)=O)ccc2c1. The molecule has 0 fully saturated rings. The first-order valence-corrected chi connectivity index (χ1v) is 9.29. The highest BCUT2D eigenvalue weighted by Gasteiger charge is 2.11. The Kier molecular flexibility index (Phi) is 6.60. The third-order valence-electron chi connectivity index (χ3n) is 4.41. The summed E-state index contributed by atoms with van der Waals surface area (Å²) >= 11 is 0. The molecule has 0 aromatic heterocycles. The molecule has 0 saturated heterocycles. The number of hydrogen-bond acceptors (Lipinski definition) is 5. The van der Waals surface area contributed by atoms with E-state index in [2.05, 4.69) is 5.32 Å². The van der Waals surface area contributed by atoms with Gasteiger partial charge in [0.25, 0.3) is 5.91 Å². The zero-order valence-corrected chi connectivity index (χ0v) is 16.7. The van der Waals surface area contributed by atoms with Gasteiger partial charge in [-0.2, -0.15) is 0 Å². The standard InChI is InChI=1S/C24H21NO5/c1-16(26)21-5-3-4-6-22(21)25-23(27)15-30-24(28)12-8-17-7-9-19-14-20(29-2)11-10-18(19)13-17/h3-14H,15H2,1-2H3,(H,25,27)/b12-8+. The van der Waals surface area contributed by atoms with Gasteiger partial charge in [0.1, 0.15) is 5.75 Å². The summed E-state index contributed by atoms with van der Waals surface area (Å²) < 4.78 is 10.2. The van der Waals surface area contributed by atoms with Crippen LogP contribution < -0.4 is 10.1 Å². The van der Waals surface area contributed by atoms with Gasteiger partial charge in [0, 0.05) is 11.6 Å². The number of Topliss-reactive ketones (excluding diaryl/α,β-unsaturated/α-hetero) is 1. The molecule has 0 heterocycles. The van der Waals surface area contributed by atoms with E-state index in [0.717, 1.165) is 22.1 Å². The van der Waals surface area contributed by atoms with E-state index in [-0.39, 0.29) is 5.78 Å². The van der Waals surface area contributed by atoms with Crippen molar-refractivity contribution in [3.8, 4) is 5.75 Å². The lowest BCUT2D eigenvalue weighted by molar-refractivity contribution is -0.142. The largest absolute Gasteiger partial charge is 0.497 e. The lowest BCUT2D eigenvalue weighted by Gasteiger charge is -2.08. The lowest BCUT2D eigenvalue weighted by atomic mass is 10.1. The van der Waals surface area contributed by atoms with Crippen molar-refractivity contribution >= 4 is 40.2 Å². The summed E-state index contributed by atoms with van der Waals surface area (Å²) in [5.41, 5.74) is 1.60. The molecule has 3 rings (SSSR count). The Hall–Kier alpha value is -3.93. The van der Waals surface area contributed by atoms with Crippen LogP contribution in [0.5, 0.6) is 5.75 Å². The van der Waals surface area contributed by atoms with E-state index < -0.39 is 18.5 Å². The summed E-state index contributed by atoms with van der Waals surface area (Å²) in [6.45, 7) is 0.964. The number of benzene rings is 3. The number of ketones is 1. The van der Waals surface area contributed by atoms with Gasteiger partial charge in [0.2, 0.25) is 0 Å². The van der Waals surface area contributed by atoms with Gasteiger partial charge in [-0.1, -0.05) is 30.3 Å². The number of fused-ring (bicyclic) bond motifs is 1. The first-order valence-electron chi connectivity index (χ1n) is 9.29. The normalized spacial score (nSPS) is 10.7. The molecule has 30 heavy (non-hydrogen) atoms. The Morgan fingerprint density at radius 3 is 2.47 bits per heavy atom. The van der Waals surface area contributed by atoms with Crippen LogP contribution in [-0.2, 0) is 14.3 Å². The van der Waals surface area contributed by atoms with Crippen LogP contribution in [0.4, 0.5) is 5.69 Å². The monoisotopic (exact) mass is 403 g/mol. The van der Waals surface area contributed by atoms with Gasteiger partial charge in [-0.05, 0) is 59.7 Å². The number of ether oxygens (including phenoxy) is 2. The molecule has 6 heteroatoms. The van der Waals surface area contributed by atoms with Crippen LogP contribution in [0.3, 0.4) is 0 Å². The van der Waals surface area contributed by atoms with Crippen LogP contribution >= 0.6 is 0 Å². The van der Waals surface area contributed by atoms with Crippen molar-refractivity contribution in [1.82, 2.24) is 0 Å². The Morgan fingerprint density at radius 2 is 1.70 bits per heavy atom. The van der Waals surface area contributed by atoms with E-state index >= 15 is 0 Å². The average Bonchev–Trinajstić information content (AvgIpc) is 2.76. The molecule has 0 aliphatic rings. The maximum Gasteiger partial charge on any atom is 0.331 e. The van der Waals surface area contributed by atoms with E-state index in [1.807, 2.05) is 36.4 Å². The minimum absolute atomic E-state index is 0.167. The second-order valence-electron chi connectivity index (χ2n) is 6.56. The van der Waals surface area contributed by atoms with Crippen molar-refractivity contribution in [3.05, 3.63) is 77.9 Å². The van der Waals surface area contributed by atoms with Crippen LogP contribution in [0, 0.1) is 0 Å². The molecule has 3 aromatic rings. The molecule has 0 atom stereocenters. The molecular weight excluding hydrogens is 382 g/mol. The maximum absolute atomic E-state index is 12.0. The van der Waals surface area contributed by atoms with Gasteiger partial charge in [-0.25, -0.2) is 4.79 Å². The number of amides is 1. The number of carbonyl (C=O) groups excluding carboxylic acids is 3. The van der Waals surface area contributed by atoms with Crippen molar-refractivity contribution < 1.29 is 23.9 Å². The predicted molar refractivity (Wildman–Crippen MR) is 116 cm³/mol. The molecule has 0 aliphatic heterocycles. The lowest BCUT2D eigenvalue weighted by Crippen LogP contribution is -2.21. The Balaban J connectivity index is 1.56. The zero-order valence-electron chi connectivity index (χ0n) is 16.7. The van der Waals surface area contributed by atoms with E-state index in [4.69, 9.17) is 9.47 Å². The highest BCUT2D eigenvalue weighted by Crippen LogP contribution is 2.22. The number of hydrogen-bond donors (Lipinski definition) is 1. The number of methoxy groups -OCH3 is 1. The third kappa shape index (κ3) is 5.32. The van der Waals surface area contributed by atoms with Crippen molar-refractivity contribution in [3.63, 3.8) is 0 Å². The maximum atomic E-state index is 12.0. The molecule has 3 aromatic carbocycles. The summed E-state index contributed by atoms with van der Waals surface area (Å²) in [7, 11) is 1.62. The predicted octanol–water partition coefficient (Wildman–Crippen LogP) is 4.25. The van der Waals surface area contributed by atoms with Gasteiger partial charge >= 0.3 is 5.97 Å². The smallest absolute Gasteiger partial charge is 0.331 e. The fourth-order valence-corrected chi connectivity index (χ4v) is 2.91. The fraction of sp³-hybridized carbons (Fsp3) is 0.125. The molecule has 6 nitrogen and oxygen atoms in total. The molecule has 152 valence electrons. The number of anilines is 1. The molecule has 0 radical (unpaired) electrons. The highest BCUT2D eigenvalue weighted by molar-refractivity contribution is 6.04. The number of carbonyl (C=O) groups is 3. The van der Waals surface area contributed by atoms with E-state index in [0.29, 0.717) is 11.3 Å². The number of esters is 1. The van der Waals surface area contributed by atoms with Crippen LogP contribution in [0.25, 0.3) is 16.8 Å². The van der Waals surface area contributed by atoms with Gasteiger partial charge in [-0.15, -0.1) is 0 Å². The molecular formula is C24H21NO5.